The summed E-state index contributed by atoms with van der Waals surface area (Å²) in [5, 5.41) is 26.7. The second-order valence-electron chi connectivity index (χ2n) is 10.1. The first kappa shape index (κ1) is 23.0. The zero-order chi connectivity index (χ0) is 24.2. The van der Waals surface area contributed by atoms with Crippen molar-refractivity contribution in [2.75, 3.05) is 19.6 Å². The van der Waals surface area contributed by atoms with E-state index >= 15 is 0 Å². The highest BCUT2D eigenvalue weighted by atomic mass is 35.5. The molecule has 3 heterocycles. The van der Waals surface area contributed by atoms with Gasteiger partial charge in [0.15, 0.2) is 6.23 Å². The fourth-order valence-corrected chi connectivity index (χ4v) is 5.65. The third-order valence-electron chi connectivity index (χ3n) is 7.09. The molecule has 3 atom stereocenters. The van der Waals surface area contributed by atoms with Crippen LogP contribution in [0.15, 0.2) is 42.5 Å². The predicted molar refractivity (Wildman–Crippen MR) is 133 cm³/mol. The van der Waals surface area contributed by atoms with Gasteiger partial charge in [-0.2, -0.15) is 0 Å². The summed E-state index contributed by atoms with van der Waals surface area (Å²) in [6.45, 7) is 8.07. The number of urea groups is 1. The number of aromatic amines is 1. The van der Waals surface area contributed by atoms with Crippen molar-refractivity contribution in [2.45, 2.75) is 45.0 Å². The molecular weight excluding hydrogens is 452 g/mol. The molecule has 2 aromatic carbocycles. The summed E-state index contributed by atoms with van der Waals surface area (Å²) in [5.41, 5.74) is 2.79. The Morgan fingerprint density at radius 2 is 2.06 bits per heavy atom. The SMILES string of the molecule is CC(C)CNCCN1C(=O)N2[C@H](c3cccc(O)c3)c3[nH]c4ccc(Cl)cc4c3C[C@@]2(C)C1O. The molecule has 1 unspecified atom stereocenters. The molecule has 1 saturated heterocycles. The van der Waals surface area contributed by atoms with Crippen LogP contribution >= 0.6 is 11.6 Å². The van der Waals surface area contributed by atoms with E-state index in [-0.39, 0.29) is 11.8 Å². The van der Waals surface area contributed by atoms with E-state index in [2.05, 4.69) is 24.1 Å². The molecule has 7 nitrogen and oxygen atoms in total. The van der Waals surface area contributed by atoms with Crippen molar-refractivity contribution >= 4 is 28.5 Å². The summed E-state index contributed by atoms with van der Waals surface area (Å²) in [7, 11) is 0. The van der Waals surface area contributed by atoms with Gasteiger partial charge in [-0.25, -0.2) is 4.79 Å². The van der Waals surface area contributed by atoms with Gasteiger partial charge < -0.3 is 25.4 Å². The lowest BCUT2D eigenvalue weighted by Crippen LogP contribution is -2.55. The van der Waals surface area contributed by atoms with Crippen LogP contribution < -0.4 is 5.32 Å². The zero-order valence-corrected chi connectivity index (χ0v) is 20.4. The van der Waals surface area contributed by atoms with Crippen LogP contribution in [-0.2, 0) is 6.42 Å². The quantitative estimate of drug-likeness (QED) is 0.395. The molecule has 0 spiro atoms. The first-order chi connectivity index (χ1) is 16.2. The van der Waals surface area contributed by atoms with Gasteiger partial charge in [-0.15, -0.1) is 0 Å². The molecule has 34 heavy (non-hydrogen) atoms. The number of benzene rings is 2. The highest BCUT2D eigenvalue weighted by molar-refractivity contribution is 6.31. The maximum atomic E-state index is 13.8. The number of aliphatic hydroxyl groups is 1. The van der Waals surface area contributed by atoms with Crippen molar-refractivity contribution in [2.24, 2.45) is 5.92 Å². The van der Waals surface area contributed by atoms with Crippen molar-refractivity contribution in [1.82, 2.24) is 20.1 Å². The number of halogens is 1. The predicted octanol–water partition coefficient (Wildman–Crippen LogP) is 4.23. The number of hydrogen-bond acceptors (Lipinski definition) is 4. The minimum absolute atomic E-state index is 0.132. The van der Waals surface area contributed by atoms with Crippen LogP contribution in [-0.4, -0.2) is 62.4 Å². The monoisotopic (exact) mass is 482 g/mol. The molecule has 2 aliphatic heterocycles. The van der Waals surface area contributed by atoms with Gasteiger partial charge in [-0.3, -0.25) is 4.90 Å². The van der Waals surface area contributed by atoms with E-state index in [9.17, 15) is 15.0 Å². The lowest BCUT2D eigenvalue weighted by atomic mass is 9.80. The average Bonchev–Trinajstić information content (AvgIpc) is 3.22. The standard InChI is InChI=1S/C26H31ClN4O3/c1-15(2)14-28-9-10-30-24(33)26(3)13-20-19-12-17(27)7-8-21(19)29-22(20)23(31(26)25(30)34)16-5-4-6-18(32)11-16/h4-8,11-12,15,23-24,28-29,32-33H,9-10,13-14H2,1-3H3/t23-,24?,26+/m1/s1. The van der Waals surface area contributed by atoms with Crippen LogP contribution in [0.1, 0.15) is 43.6 Å². The molecule has 0 radical (unpaired) electrons. The number of fused-ring (bicyclic) bond motifs is 4. The normalized spacial score (nSPS) is 24.2. The maximum absolute atomic E-state index is 13.8. The van der Waals surface area contributed by atoms with Gasteiger partial charge in [0.1, 0.15) is 11.8 Å². The molecule has 1 aromatic heterocycles. The number of phenolic OH excluding ortho intramolecular Hbond substituents is 1. The Bertz CT molecular complexity index is 1240. The minimum Gasteiger partial charge on any atom is -0.508 e. The van der Waals surface area contributed by atoms with Crippen LogP contribution in [0.5, 0.6) is 5.75 Å². The van der Waals surface area contributed by atoms with Gasteiger partial charge in [0.2, 0.25) is 0 Å². The first-order valence-corrected chi connectivity index (χ1v) is 12.2. The highest BCUT2D eigenvalue weighted by Crippen LogP contribution is 2.50. The molecule has 1 fully saturated rings. The van der Waals surface area contributed by atoms with E-state index in [4.69, 9.17) is 11.6 Å². The van der Waals surface area contributed by atoms with Crippen molar-refractivity contribution in [3.8, 4) is 5.75 Å². The first-order valence-electron chi connectivity index (χ1n) is 11.8. The largest absolute Gasteiger partial charge is 0.508 e. The summed E-state index contributed by atoms with van der Waals surface area (Å²) in [6.07, 6.45) is -0.487. The van der Waals surface area contributed by atoms with Gasteiger partial charge in [-0.05, 0) is 60.8 Å². The van der Waals surface area contributed by atoms with E-state index in [0.717, 1.165) is 34.3 Å². The van der Waals surface area contributed by atoms with Crippen LogP contribution in [0.3, 0.4) is 0 Å². The fraction of sp³-hybridized carbons (Fsp3) is 0.423. The molecule has 180 valence electrons. The van der Waals surface area contributed by atoms with E-state index in [1.54, 1.807) is 28.0 Å². The Hall–Kier alpha value is -2.74. The molecule has 0 bridgehead atoms. The third-order valence-corrected chi connectivity index (χ3v) is 7.32. The molecular formula is C26H31ClN4O3. The highest BCUT2D eigenvalue weighted by Gasteiger charge is 2.59. The molecule has 2 amide bonds. The number of phenols is 1. The van der Waals surface area contributed by atoms with Gasteiger partial charge in [0.05, 0.1) is 5.54 Å². The number of nitrogens with one attached hydrogen (secondary N) is 2. The number of rotatable bonds is 6. The molecule has 2 aliphatic rings. The summed E-state index contributed by atoms with van der Waals surface area (Å²) < 4.78 is 0. The van der Waals surface area contributed by atoms with Crippen molar-refractivity contribution < 1.29 is 15.0 Å². The molecule has 0 saturated carbocycles. The van der Waals surface area contributed by atoms with E-state index in [0.29, 0.717) is 30.5 Å². The van der Waals surface area contributed by atoms with Gasteiger partial charge in [0.25, 0.3) is 0 Å². The fourth-order valence-electron chi connectivity index (χ4n) is 5.47. The lowest BCUT2D eigenvalue weighted by molar-refractivity contribution is -0.0239. The second-order valence-corrected chi connectivity index (χ2v) is 10.5. The van der Waals surface area contributed by atoms with Gasteiger partial charge in [-0.1, -0.05) is 37.6 Å². The van der Waals surface area contributed by atoms with E-state index < -0.39 is 17.8 Å². The number of H-pyrrole nitrogens is 1. The Morgan fingerprint density at radius 1 is 1.26 bits per heavy atom. The molecule has 4 N–H and O–H groups in total. The van der Waals surface area contributed by atoms with Crippen molar-refractivity contribution in [3.63, 3.8) is 0 Å². The molecule has 8 heteroatoms. The summed E-state index contributed by atoms with van der Waals surface area (Å²) in [6, 6.07) is 12.0. The van der Waals surface area contributed by atoms with Crippen LogP contribution in [0.4, 0.5) is 4.79 Å². The minimum atomic E-state index is -0.974. The third kappa shape index (κ3) is 3.63. The Balaban J connectivity index is 1.60. The van der Waals surface area contributed by atoms with Gasteiger partial charge >= 0.3 is 6.03 Å². The number of carbonyl (C=O) groups excluding carboxylic acids is 1. The van der Waals surface area contributed by atoms with Crippen molar-refractivity contribution in [3.05, 3.63) is 64.3 Å². The Morgan fingerprint density at radius 3 is 2.79 bits per heavy atom. The number of aromatic nitrogens is 1. The second kappa shape index (κ2) is 8.48. The number of amides is 2. The summed E-state index contributed by atoms with van der Waals surface area (Å²) >= 11 is 6.33. The molecule has 3 aromatic rings. The molecule has 0 aliphatic carbocycles. The Labute approximate surface area is 204 Å². The average molecular weight is 483 g/mol. The number of aromatic hydroxyl groups is 1. The topological polar surface area (TPSA) is 91.8 Å². The smallest absolute Gasteiger partial charge is 0.323 e. The number of aliphatic hydroxyl groups excluding tert-OH is 1. The van der Waals surface area contributed by atoms with Crippen molar-refractivity contribution in [1.29, 1.82) is 0 Å². The van der Waals surface area contributed by atoms with E-state index in [1.807, 2.05) is 31.2 Å². The van der Waals surface area contributed by atoms with Crippen LogP contribution in [0.2, 0.25) is 5.02 Å². The Kier molecular flexibility index (Phi) is 5.74. The van der Waals surface area contributed by atoms with Crippen LogP contribution in [0, 0.1) is 5.92 Å². The lowest BCUT2D eigenvalue weighted by Gasteiger charge is -2.44. The summed E-state index contributed by atoms with van der Waals surface area (Å²) in [5.74, 6) is 0.635. The summed E-state index contributed by atoms with van der Waals surface area (Å²) in [4.78, 5) is 20.7. The van der Waals surface area contributed by atoms with Crippen LogP contribution in [0.25, 0.3) is 10.9 Å². The van der Waals surface area contributed by atoms with E-state index in [1.165, 1.54) is 0 Å². The maximum Gasteiger partial charge on any atom is 0.323 e. The number of hydrogen-bond donors (Lipinski definition) is 4. The zero-order valence-electron chi connectivity index (χ0n) is 19.7. The van der Waals surface area contributed by atoms with Gasteiger partial charge in [0, 0.05) is 41.1 Å². The molecule has 5 rings (SSSR count). The number of carbonyl (C=O) groups is 1. The number of nitrogens with zero attached hydrogens (tertiary/aromatic N) is 2.